The van der Waals surface area contributed by atoms with Crippen molar-refractivity contribution in [3.8, 4) is 0 Å². The molecular formula is C13H21NO3. The molecule has 0 aromatic heterocycles. The summed E-state index contributed by atoms with van der Waals surface area (Å²) in [6.45, 7) is 0. The van der Waals surface area contributed by atoms with Gasteiger partial charge in [0.25, 0.3) is 0 Å². The zero-order chi connectivity index (χ0) is 12.3. The molecule has 4 nitrogen and oxygen atoms in total. The minimum atomic E-state index is -0.941. The molecule has 2 aliphatic carbocycles. The molecule has 96 valence electrons. The number of carboxylic acid groups (broad SMARTS) is 1. The molecule has 2 fully saturated rings. The van der Waals surface area contributed by atoms with Crippen molar-refractivity contribution in [3.63, 3.8) is 0 Å². The van der Waals surface area contributed by atoms with E-state index in [4.69, 9.17) is 0 Å². The van der Waals surface area contributed by atoms with Gasteiger partial charge in [-0.1, -0.05) is 25.7 Å². The molecule has 17 heavy (non-hydrogen) atoms. The zero-order valence-electron chi connectivity index (χ0n) is 10.2. The number of carbonyl (C=O) groups is 2. The highest BCUT2D eigenvalue weighted by Crippen LogP contribution is 2.33. The first-order valence-electron chi connectivity index (χ1n) is 6.69. The fourth-order valence-electron chi connectivity index (χ4n) is 2.80. The first kappa shape index (κ1) is 12.4. The van der Waals surface area contributed by atoms with Gasteiger partial charge in [0, 0.05) is 5.92 Å². The van der Waals surface area contributed by atoms with Crippen molar-refractivity contribution in [3.05, 3.63) is 0 Å². The van der Waals surface area contributed by atoms with Crippen molar-refractivity contribution in [1.82, 2.24) is 5.32 Å². The monoisotopic (exact) mass is 239 g/mol. The summed E-state index contributed by atoms with van der Waals surface area (Å²) in [5.74, 6) is -0.867. The van der Waals surface area contributed by atoms with Gasteiger partial charge < -0.3 is 10.4 Å². The van der Waals surface area contributed by atoms with E-state index >= 15 is 0 Å². The van der Waals surface area contributed by atoms with Gasteiger partial charge in [-0.2, -0.15) is 0 Å². The van der Waals surface area contributed by atoms with E-state index in [1.54, 1.807) is 0 Å². The number of rotatable bonds is 3. The number of carbonyl (C=O) groups excluding carboxylic acids is 1. The number of carboxylic acids is 1. The van der Waals surface area contributed by atoms with Crippen LogP contribution in [-0.4, -0.2) is 22.5 Å². The van der Waals surface area contributed by atoms with Crippen molar-refractivity contribution in [1.29, 1.82) is 0 Å². The van der Waals surface area contributed by atoms with Crippen LogP contribution in [0, 0.1) is 5.92 Å². The van der Waals surface area contributed by atoms with E-state index in [0.29, 0.717) is 12.8 Å². The van der Waals surface area contributed by atoms with Crippen molar-refractivity contribution in [2.24, 2.45) is 5.92 Å². The van der Waals surface area contributed by atoms with Gasteiger partial charge in [0.1, 0.15) is 5.54 Å². The van der Waals surface area contributed by atoms with Crippen molar-refractivity contribution in [2.45, 2.75) is 63.3 Å². The molecule has 0 aromatic carbocycles. The van der Waals surface area contributed by atoms with E-state index in [-0.39, 0.29) is 11.8 Å². The molecule has 0 radical (unpaired) electrons. The Kier molecular flexibility index (Phi) is 3.69. The summed E-state index contributed by atoms with van der Waals surface area (Å²) in [6.07, 6.45) is 8.50. The van der Waals surface area contributed by atoms with E-state index in [9.17, 15) is 14.7 Å². The number of nitrogens with one attached hydrogen (secondary N) is 1. The molecule has 2 N–H and O–H groups in total. The van der Waals surface area contributed by atoms with Crippen LogP contribution in [0.3, 0.4) is 0 Å². The predicted octanol–water partition coefficient (Wildman–Crippen LogP) is 2.08. The maximum atomic E-state index is 12.1. The lowest BCUT2D eigenvalue weighted by Crippen LogP contribution is -2.60. The fourth-order valence-corrected chi connectivity index (χ4v) is 2.80. The minimum Gasteiger partial charge on any atom is -0.480 e. The maximum absolute atomic E-state index is 12.1. The second-order valence-corrected chi connectivity index (χ2v) is 5.42. The van der Waals surface area contributed by atoms with E-state index in [1.165, 1.54) is 12.8 Å². The Morgan fingerprint density at radius 1 is 1.00 bits per heavy atom. The van der Waals surface area contributed by atoms with Gasteiger partial charge >= 0.3 is 5.97 Å². The van der Waals surface area contributed by atoms with Gasteiger partial charge in [0.05, 0.1) is 0 Å². The molecule has 0 aliphatic heterocycles. The summed E-state index contributed by atoms with van der Waals surface area (Å²) in [5, 5.41) is 12.0. The Labute approximate surface area is 102 Å². The number of aliphatic carboxylic acids is 1. The van der Waals surface area contributed by atoms with E-state index < -0.39 is 11.5 Å². The second-order valence-electron chi connectivity index (χ2n) is 5.42. The average molecular weight is 239 g/mol. The third-order valence-corrected chi connectivity index (χ3v) is 4.20. The minimum absolute atomic E-state index is 0.0333. The topological polar surface area (TPSA) is 66.4 Å². The Bertz CT molecular complexity index is 302. The highest BCUT2D eigenvalue weighted by Gasteiger charge is 2.46. The number of amides is 1. The van der Waals surface area contributed by atoms with Gasteiger partial charge in [-0.15, -0.1) is 0 Å². The molecule has 0 spiro atoms. The molecule has 1 amide bonds. The molecule has 2 saturated carbocycles. The third-order valence-electron chi connectivity index (χ3n) is 4.20. The van der Waals surface area contributed by atoms with Crippen LogP contribution < -0.4 is 5.32 Å². The standard InChI is InChI=1S/C13H21NO3/c15-11(10-6-3-1-2-4-7-10)14-13(12(16)17)8-5-9-13/h10H,1-9H2,(H,14,15)(H,16,17). The van der Waals surface area contributed by atoms with Crippen LogP contribution in [0.15, 0.2) is 0 Å². The molecule has 0 atom stereocenters. The summed E-state index contributed by atoms with van der Waals surface area (Å²) < 4.78 is 0. The SMILES string of the molecule is O=C(NC1(C(=O)O)CCC1)C1CCCCCC1. The van der Waals surface area contributed by atoms with Crippen molar-refractivity contribution in [2.75, 3.05) is 0 Å². The molecule has 0 saturated heterocycles. The number of hydrogen-bond donors (Lipinski definition) is 2. The molecule has 2 rings (SSSR count). The molecule has 0 bridgehead atoms. The van der Waals surface area contributed by atoms with Crippen LogP contribution in [0.2, 0.25) is 0 Å². The predicted molar refractivity (Wildman–Crippen MR) is 63.6 cm³/mol. The third kappa shape index (κ3) is 2.61. The van der Waals surface area contributed by atoms with Crippen molar-refractivity contribution < 1.29 is 14.7 Å². The summed E-state index contributed by atoms with van der Waals surface area (Å²) >= 11 is 0. The molecule has 0 heterocycles. The average Bonchev–Trinajstić information content (AvgIpc) is 2.50. The Morgan fingerprint density at radius 3 is 2.00 bits per heavy atom. The summed E-state index contributed by atoms with van der Waals surface area (Å²) in [5.41, 5.74) is -0.941. The summed E-state index contributed by atoms with van der Waals surface area (Å²) in [7, 11) is 0. The molecule has 2 aliphatic rings. The lowest BCUT2D eigenvalue weighted by atomic mass is 9.76. The van der Waals surface area contributed by atoms with Crippen LogP contribution in [0.5, 0.6) is 0 Å². The maximum Gasteiger partial charge on any atom is 0.329 e. The van der Waals surface area contributed by atoms with Crippen molar-refractivity contribution >= 4 is 11.9 Å². The highest BCUT2D eigenvalue weighted by molar-refractivity contribution is 5.88. The van der Waals surface area contributed by atoms with Gasteiger partial charge in [0.2, 0.25) is 5.91 Å². The lowest BCUT2D eigenvalue weighted by Gasteiger charge is -2.39. The lowest BCUT2D eigenvalue weighted by molar-refractivity contribution is -0.152. The van der Waals surface area contributed by atoms with E-state index in [2.05, 4.69) is 5.32 Å². The fraction of sp³-hybridized carbons (Fsp3) is 0.846. The molecule has 4 heteroatoms. The van der Waals surface area contributed by atoms with Gasteiger partial charge in [-0.05, 0) is 32.1 Å². The van der Waals surface area contributed by atoms with E-state index in [0.717, 1.165) is 32.1 Å². The van der Waals surface area contributed by atoms with Gasteiger partial charge in [0.15, 0.2) is 0 Å². The van der Waals surface area contributed by atoms with Gasteiger partial charge in [-0.25, -0.2) is 4.79 Å². The van der Waals surface area contributed by atoms with Crippen LogP contribution in [0.25, 0.3) is 0 Å². The summed E-state index contributed by atoms with van der Waals surface area (Å²) in [4.78, 5) is 23.3. The van der Waals surface area contributed by atoms with Crippen LogP contribution in [0.1, 0.15) is 57.8 Å². The number of hydrogen-bond acceptors (Lipinski definition) is 2. The zero-order valence-corrected chi connectivity index (χ0v) is 10.2. The smallest absolute Gasteiger partial charge is 0.329 e. The Balaban J connectivity index is 1.93. The normalized spacial score (nSPS) is 24.5. The molecule has 0 aromatic rings. The largest absolute Gasteiger partial charge is 0.480 e. The summed E-state index contributed by atoms with van der Waals surface area (Å²) in [6, 6.07) is 0. The second kappa shape index (κ2) is 5.07. The first-order chi connectivity index (χ1) is 8.14. The Morgan fingerprint density at radius 2 is 1.59 bits per heavy atom. The van der Waals surface area contributed by atoms with Crippen LogP contribution in [0.4, 0.5) is 0 Å². The molecule has 0 unspecified atom stereocenters. The molecular weight excluding hydrogens is 218 g/mol. The highest BCUT2D eigenvalue weighted by atomic mass is 16.4. The van der Waals surface area contributed by atoms with E-state index in [1.807, 2.05) is 0 Å². The first-order valence-corrected chi connectivity index (χ1v) is 6.69. The Hall–Kier alpha value is -1.06. The van der Waals surface area contributed by atoms with Crippen LogP contribution >= 0.6 is 0 Å². The van der Waals surface area contributed by atoms with Crippen LogP contribution in [-0.2, 0) is 9.59 Å². The quantitative estimate of drug-likeness (QED) is 0.741. The van der Waals surface area contributed by atoms with Gasteiger partial charge in [-0.3, -0.25) is 4.79 Å².